The number of anilines is 1. The number of para-hydroxylation sites is 1. The van der Waals surface area contributed by atoms with Crippen LogP contribution in [0, 0.1) is 11.3 Å². The van der Waals surface area contributed by atoms with Crippen LogP contribution in [0.5, 0.6) is 0 Å². The fraction of sp³-hybridized carbons (Fsp3) is 0.320. The van der Waals surface area contributed by atoms with Crippen LogP contribution in [0.1, 0.15) is 31.7 Å². The molecule has 2 aromatic carbocycles. The van der Waals surface area contributed by atoms with E-state index in [9.17, 15) is 9.59 Å². The molecule has 1 aliphatic carbocycles. The maximum Gasteiger partial charge on any atom is 0.231 e. The number of aromatic nitrogens is 2. The standard InChI is InChI=1S/C25H26N4O2/c1-2-7-17-8-6-9-18(14-17)21-15-22(28-29(21)19-10-4-3-5-11-19)27-23(30)20-16-26-24(31)25(20)12-13-25/h3-6,8-11,14-15,20H,2,7,12-13,16H2,1H3,(H,26,31)(H,27,28,30). The SMILES string of the molecule is CCCc1cccc(-c2cc(NC(=O)C3CNC(=O)C34CC4)nn2-c2ccccc2)c1. The lowest BCUT2D eigenvalue weighted by Crippen LogP contribution is -2.30. The Morgan fingerprint density at radius 1 is 1.16 bits per heavy atom. The number of hydrogen-bond acceptors (Lipinski definition) is 3. The third kappa shape index (κ3) is 3.52. The van der Waals surface area contributed by atoms with Crippen molar-refractivity contribution < 1.29 is 9.59 Å². The molecule has 3 aromatic rings. The number of rotatable bonds is 6. The van der Waals surface area contributed by atoms with Crippen molar-refractivity contribution in [3.05, 3.63) is 66.2 Å². The molecule has 0 bridgehead atoms. The van der Waals surface area contributed by atoms with Gasteiger partial charge in [-0.1, -0.05) is 49.7 Å². The number of benzene rings is 2. The molecule has 5 rings (SSSR count). The molecule has 158 valence electrons. The normalized spacial score (nSPS) is 18.7. The number of aryl methyl sites for hydroxylation is 1. The molecule has 2 N–H and O–H groups in total. The number of carbonyl (C=O) groups is 2. The highest BCUT2D eigenvalue weighted by atomic mass is 16.2. The van der Waals surface area contributed by atoms with E-state index in [1.54, 1.807) is 0 Å². The van der Waals surface area contributed by atoms with Crippen LogP contribution in [-0.2, 0) is 16.0 Å². The van der Waals surface area contributed by atoms with E-state index in [2.05, 4.69) is 41.8 Å². The Bertz CT molecular complexity index is 1130. The van der Waals surface area contributed by atoms with Crippen molar-refractivity contribution in [2.24, 2.45) is 11.3 Å². The van der Waals surface area contributed by atoms with E-state index in [4.69, 9.17) is 5.10 Å². The summed E-state index contributed by atoms with van der Waals surface area (Å²) in [5, 5.41) is 10.5. The molecular formula is C25H26N4O2. The number of nitrogens with one attached hydrogen (secondary N) is 2. The minimum Gasteiger partial charge on any atom is -0.355 e. The highest BCUT2D eigenvalue weighted by Crippen LogP contribution is 2.54. The van der Waals surface area contributed by atoms with E-state index in [1.165, 1.54) is 5.56 Å². The van der Waals surface area contributed by atoms with Gasteiger partial charge < -0.3 is 10.6 Å². The van der Waals surface area contributed by atoms with Crippen molar-refractivity contribution in [2.45, 2.75) is 32.6 Å². The number of amides is 2. The zero-order chi connectivity index (χ0) is 21.4. The zero-order valence-corrected chi connectivity index (χ0v) is 17.6. The monoisotopic (exact) mass is 414 g/mol. The van der Waals surface area contributed by atoms with Gasteiger partial charge in [-0.25, -0.2) is 4.68 Å². The average Bonchev–Trinajstić information content (AvgIpc) is 3.37. The van der Waals surface area contributed by atoms with Crippen molar-refractivity contribution in [3.8, 4) is 16.9 Å². The lowest BCUT2D eigenvalue weighted by molar-refractivity contribution is -0.128. The molecule has 2 amide bonds. The Morgan fingerprint density at radius 3 is 2.71 bits per heavy atom. The van der Waals surface area contributed by atoms with E-state index in [1.807, 2.05) is 41.1 Å². The van der Waals surface area contributed by atoms with Gasteiger partial charge in [0.15, 0.2) is 5.82 Å². The zero-order valence-electron chi connectivity index (χ0n) is 17.6. The maximum atomic E-state index is 13.0. The first-order chi connectivity index (χ1) is 15.1. The third-order valence-corrected chi connectivity index (χ3v) is 6.41. The fourth-order valence-electron chi connectivity index (χ4n) is 4.58. The van der Waals surface area contributed by atoms with E-state index < -0.39 is 5.41 Å². The Kier molecular flexibility index (Phi) is 4.85. The topological polar surface area (TPSA) is 76.0 Å². The van der Waals surface area contributed by atoms with Crippen molar-refractivity contribution in [3.63, 3.8) is 0 Å². The molecule has 1 spiro atoms. The van der Waals surface area contributed by atoms with E-state index in [-0.39, 0.29) is 17.7 Å². The van der Waals surface area contributed by atoms with Crippen molar-refractivity contribution in [1.29, 1.82) is 0 Å². The minimum absolute atomic E-state index is 0.0101. The Hall–Kier alpha value is -3.41. The van der Waals surface area contributed by atoms with Crippen LogP contribution in [0.3, 0.4) is 0 Å². The summed E-state index contributed by atoms with van der Waals surface area (Å²) in [4.78, 5) is 25.1. The largest absolute Gasteiger partial charge is 0.355 e. The van der Waals surface area contributed by atoms with E-state index >= 15 is 0 Å². The van der Waals surface area contributed by atoms with Crippen LogP contribution >= 0.6 is 0 Å². The first kappa shape index (κ1) is 19.5. The first-order valence-electron chi connectivity index (χ1n) is 10.9. The molecule has 1 aliphatic heterocycles. The molecule has 6 heteroatoms. The van der Waals surface area contributed by atoms with Crippen LogP contribution in [0.2, 0.25) is 0 Å². The van der Waals surface area contributed by atoms with Crippen LogP contribution in [0.4, 0.5) is 5.82 Å². The van der Waals surface area contributed by atoms with Crippen LogP contribution in [0.25, 0.3) is 16.9 Å². The summed E-state index contributed by atoms with van der Waals surface area (Å²) in [7, 11) is 0. The lowest BCUT2D eigenvalue weighted by atomic mass is 9.91. The summed E-state index contributed by atoms with van der Waals surface area (Å²) in [5.74, 6) is 0.0360. The molecule has 31 heavy (non-hydrogen) atoms. The number of hydrogen-bond donors (Lipinski definition) is 2. The van der Waals surface area contributed by atoms with Gasteiger partial charge >= 0.3 is 0 Å². The molecule has 6 nitrogen and oxygen atoms in total. The van der Waals surface area contributed by atoms with Gasteiger partial charge in [0.2, 0.25) is 11.8 Å². The van der Waals surface area contributed by atoms with E-state index in [0.29, 0.717) is 12.4 Å². The van der Waals surface area contributed by atoms with Gasteiger partial charge in [-0.15, -0.1) is 5.10 Å². The van der Waals surface area contributed by atoms with Gasteiger partial charge in [-0.05, 0) is 43.0 Å². The molecule has 2 fully saturated rings. The molecule has 0 radical (unpaired) electrons. The quantitative estimate of drug-likeness (QED) is 0.641. The van der Waals surface area contributed by atoms with Crippen LogP contribution < -0.4 is 10.6 Å². The molecule has 1 aromatic heterocycles. The van der Waals surface area contributed by atoms with Crippen LogP contribution in [0.15, 0.2) is 60.7 Å². The van der Waals surface area contributed by atoms with Gasteiger partial charge in [0, 0.05) is 18.2 Å². The summed E-state index contributed by atoms with van der Waals surface area (Å²) in [6.45, 7) is 2.57. The van der Waals surface area contributed by atoms with Crippen molar-refractivity contribution >= 4 is 17.6 Å². The molecule has 1 unspecified atom stereocenters. The van der Waals surface area contributed by atoms with E-state index in [0.717, 1.165) is 42.6 Å². The smallest absolute Gasteiger partial charge is 0.231 e. The summed E-state index contributed by atoms with van der Waals surface area (Å²) in [6.07, 6.45) is 3.66. The molecule has 2 aliphatic rings. The van der Waals surface area contributed by atoms with Gasteiger partial charge in [-0.2, -0.15) is 0 Å². The van der Waals surface area contributed by atoms with Crippen molar-refractivity contribution in [2.75, 3.05) is 11.9 Å². The Balaban J connectivity index is 1.49. The average molecular weight is 415 g/mol. The second-order valence-corrected chi connectivity index (χ2v) is 8.52. The highest BCUT2D eigenvalue weighted by molar-refractivity contribution is 6.01. The number of nitrogens with zero attached hydrogens (tertiary/aromatic N) is 2. The molecule has 1 saturated carbocycles. The lowest BCUT2D eigenvalue weighted by Gasteiger charge is -2.13. The summed E-state index contributed by atoms with van der Waals surface area (Å²) in [5.41, 5.74) is 3.68. The Morgan fingerprint density at radius 2 is 1.97 bits per heavy atom. The third-order valence-electron chi connectivity index (χ3n) is 6.41. The highest BCUT2D eigenvalue weighted by Gasteiger charge is 2.61. The first-order valence-corrected chi connectivity index (χ1v) is 10.9. The van der Waals surface area contributed by atoms with Gasteiger partial charge in [0.05, 0.1) is 22.7 Å². The second-order valence-electron chi connectivity index (χ2n) is 8.52. The predicted molar refractivity (Wildman–Crippen MR) is 120 cm³/mol. The molecule has 1 atom stereocenters. The van der Waals surface area contributed by atoms with Gasteiger partial charge in [0.1, 0.15) is 0 Å². The number of carbonyl (C=O) groups excluding carboxylic acids is 2. The minimum atomic E-state index is -0.497. The Labute approximate surface area is 181 Å². The van der Waals surface area contributed by atoms with Crippen molar-refractivity contribution in [1.82, 2.24) is 15.1 Å². The fourth-order valence-corrected chi connectivity index (χ4v) is 4.58. The van der Waals surface area contributed by atoms with Gasteiger partial charge in [0.25, 0.3) is 0 Å². The molecule has 1 saturated heterocycles. The predicted octanol–water partition coefficient (Wildman–Crippen LogP) is 3.96. The molecule has 2 heterocycles. The van der Waals surface area contributed by atoms with Gasteiger partial charge in [-0.3, -0.25) is 9.59 Å². The molecular weight excluding hydrogens is 388 g/mol. The summed E-state index contributed by atoms with van der Waals surface area (Å²) < 4.78 is 1.87. The van der Waals surface area contributed by atoms with Crippen LogP contribution in [-0.4, -0.2) is 28.1 Å². The maximum absolute atomic E-state index is 13.0. The summed E-state index contributed by atoms with van der Waals surface area (Å²) in [6, 6.07) is 20.3. The summed E-state index contributed by atoms with van der Waals surface area (Å²) >= 11 is 0. The second kappa shape index (κ2) is 7.69.